The van der Waals surface area contributed by atoms with Crippen molar-refractivity contribution < 1.29 is 13.5 Å². The largest absolute Gasteiger partial charge is 0.383 e. The van der Waals surface area contributed by atoms with Crippen LogP contribution >= 0.6 is 11.3 Å². The molecular formula is C18H23NO3S2. The summed E-state index contributed by atoms with van der Waals surface area (Å²) in [5.74, 6) is 0.124. The SMILES string of the molecule is Cc1cc(C)c(S(=O)(=O)NCC(O)(c2cccs2)C2CC2)c(C)c1. The molecule has 0 radical (unpaired) electrons. The summed E-state index contributed by atoms with van der Waals surface area (Å²) in [6, 6.07) is 7.50. The molecular weight excluding hydrogens is 342 g/mol. The highest BCUT2D eigenvalue weighted by Crippen LogP contribution is 2.46. The number of aryl methyl sites for hydroxylation is 3. The van der Waals surface area contributed by atoms with Crippen LogP contribution in [0.3, 0.4) is 0 Å². The maximum Gasteiger partial charge on any atom is 0.241 e. The summed E-state index contributed by atoms with van der Waals surface area (Å²) in [6.07, 6.45) is 1.86. The number of benzene rings is 1. The molecule has 2 aromatic rings. The Balaban J connectivity index is 1.88. The predicted molar refractivity (Wildman–Crippen MR) is 96.8 cm³/mol. The molecule has 6 heteroatoms. The lowest BCUT2D eigenvalue weighted by molar-refractivity contribution is 0.0222. The van der Waals surface area contributed by atoms with Gasteiger partial charge in [0.05, 0.1) is 4.90 Å². The van der Waals surface area contributed by atoms with E-state index in [0.717, 1.165) is 34.4 Å². The minimum atomic E-state index is -3.67. The summed E-state index contributed by atoms with van der Waals surface area (Å²) >= 11 is 1.47. The first-order valence-corrected chi connectivity index (χ1v) is 10.4. The van der Waals surface area contributed by atoms with E-state index in [1.165, 1.54) is 11.3 Å². The van der Waals surface area contributed by atoms with Gasteiger partial charge in [-0.25, -0.2) is 13.1 Å². The van der Waals surface area contributed by atoms with E-state index in [1.54, 1.807) is 13.8 Å². The van der Waals surface area contributed by atoms with Gasteiger partial charge in [0.25, 0.3) is 0 Å². The van der Waals surface area contributed by atoms with Gasteiger partial charge in [-0.3, -0.25) is 0 Å². The maximum atomic E-state index is 12.8. The number of thiophene rings is 1. The first-order valence-electron chi connectivity index (χ1n) is 8.08. The van der Waals surface area contributed by atoms with Crippen molar-refractivity contribution in [3.05, 3.63) is 51.2 Å². The normalized spacial score (nSPS) is 17.7. The van der Waals surface area contributed by atoms with Crippen molar-refractivity contribution in [3.8, 4) is 0 Å². The summed E-state index contributed by atoms with van der Waals surface area (Å²) in [6.45, 7) is 5.57. The molecule has 1 fully saturated rings. The Morgan fingerprint density at radius 2 is 1.88 bits per heavy atom. The predicted octanol–water partition coefficient (Wildman–Crippen LogP) is 3.25. The minimum Gasteiger partial charge on any atom is -0.383 e. The molecule has 1 atom stereocenters. The van der Waals surface area contributed by atoms with Gasteiger partial charge < -0.3 is 5.11 Å². The molecule has 1 saturated carbocycles. The van der Waals surface area contributed by atoms with E-state index in [-0.39, 0.29) is 12.5 Å². The second-order valence-corrected chi connectivity index (χ2v) is 9.38. The highest BCUT2D eigenvalue weighted by Gasteiger charge is 2.46. The van der Waals surface area contributed by atoms with Crippen LogP contribution < -0.4 is 4.72 Å². The van der Waals surface area contributed by atoms with Crippen molar-refractivity contribution in [2.24, 2.45) is 5.92 Å². The van der Waals surface area contributed by atoms with Gasteiger partial charge in [-0.05, 0) is 62.1 Å². The third kappa shape index (κ3) is 3.28. The van der Waals surface area contributed by atoms with Gasteiger partial charge in [-0.2, -0.15) is 0 Å². The number of nitrogens with one attached hydrogen (secondary N) is 1. The molecule has 130 valence electrons. The lowest BCUT2D eigenvalue weighted by Crippen LogP contribution is -2.42. The van der Waals surface area contributed by atoms with Gasteiger partial charge in [-0.15, -0.1) is 11.3 Å². The first-order chi connectivity index (χ1) is 11.2. The summed E-state index contributed by atoms with van der Waals surface area (Å²) < 4.78 is 28.3. The standard InChI is InChI=1S/C18H23NO3S2/c1-12-9-13(2)17(14(3)10-12)24(21,22)19-11-18(20,15-6-7-15)16-5-4-8-23-16/h4-5,8-10,15,19-20H,6-7,11H2,1-3H3. The highest BCUT2D eigenvalue weighted by molar-refractivity contribution is 7.89. The van der Waals surface area contributed by atoms with Crippen LogP contribution in [-0.4, -0.2) is 20.1 Å². The second kappa shape index (κ2) is 6.26. The Bertz CT molecular complexity index is 816. The van der Waals surface area contributed by atoms with Crippen LogP contribution in [0.25, 0.3) is 0 Å². The van der Waals surface area contributed by atoms with Crippen molar-refractivity contribution in [1.29, 1.82) is 0 Å². The Labute approximate surface area is 147 Å². The molecule has 1 aromatic heterocycles. The lowest BCUT2D eigenvalue weighted by atomic mass is 9.96. The van der Waals surface area contributed by atoms with E-state index < -0.39 is 15.6 Å². The van der Waals surface area contributed by atoms with Crippen LogP contribution in [0.1, 0.15) is 34.4 Å². The van der Waals surface area contributed by atoms with E-state index in [9.17, 15) is 13.5 Å². The molecule has 1 aromatic carbocycles. The van der Waals surface area contributed by atoms with Crippen molar-refractivity contribution >= 4 is 21.4 Å². The molecule has 1 unspecified atom stereocenters. The zero-order valence-electron chi connectivity index (χ0n) is 14.2. The van der Waals surface area contributed by atoms with E-state index in [1.807, 2.05) is 36.6 Å². The minimum absolute atomic E-state index is 0.00721. The monoisotopic (exact) mass is 365 g/mol. The molecule has 0 aliphatic heterocycles. The van der Waals surface area contributed by atoms with Crippen LogP contribution in [0.2, 0.25) is 0 Å². The summed E-state index contributed by atoms with van der Waals surface area (Å²) in [4.78, 5) is 1.14. The van der Waals surface area contributed by atoms with E-state index >= 15 is 0 Å². The van der Waals surface area contributed by atoms with Crippen LogP contribution in [0, 0.1) is 26.7 Å². The average molecular weight is 366 g/mol. The topological polar surface area (TPSA) is 66.4 Å². The van der Waals surface area contributed by atoms with Crippen molar-refractivity contribution in [1.82, 2.24) is 4.72 Å². The molecule has 4 nitrogen and oxygen atoms in total. The van der Waals surface area contributed by atoms with Crippen molar-refractivity contribution in [2.45, 2.75) is 44.1 Å². The van der Waals surface area contributed by atoms with Crippen molar-refractivity contribution in [3.63, 3.8) is 0 Å². The molecule has 0 spiro atoms. The fourth-order valence-corrected chi connectivity index (χ4v) is 5.81. The Hall–Kier alpha value is -1.21. The van der Waals surface area contributed by atoms with Gasteiger partial charge in [0.2, 0.25) is 10.0 Å². The Morgan fingerprint density at radius 3 is 2.38 bits per heavy atom. The molecule has 0 amide bonds. The Kier molecular flexibility index (Phi) is 4.59. The van der Waals surface area contributed by atoms with Crippen LogP contribution in [-0.2, 0) is 15.6 Å². The lowest BCUT2D eigenvalue weighted by Gasteiger charge is -2.27. The van der Waals surface area contributed by atoms with Gasteiger partial charge in [0, 0.05) is 11.4 Å². The van der Waals surface area contributed by atoms with Crippen molar-refractivity contribution in [2.75, 3.05) is 6.54 Å². The first kappa shape index (κ1) is 17.6. The molecule has 1 aliphatic rings. The van der Waals surface area contributed by atoms with Gasteiger partial charge in [-0.1, -0.05) is 23.8 Å². The number of aliphatic hydroxyl groups is 1. The van der Waals surface area contributed by atoms with E-state index in [0.29, 0.717) is 4.90 Å². The quantitative estimate of drug-likeness (QED) is 0.826. The maximum absolute atomic E-state index is 12.8. The number of sulfonamides is 1. The summed E-state index contributed by atoms with van der Waals surface area (Å²) in [5.41, 5.74) is 1.38. The molecule has 0 saturated heterocycles. The Morgan fingerprint density at radius 1 is 1.25 bits per heavy atom. The third-order valence-corrected chi connectivity index (χ3v) is 7.35. The third-order valence-electron chi connectivity index (χ3n) is 4.61. The van der Waals surface area contributed by atoms with E-state index in [2.05, 4.69) is 4.72 Å². The number of hydrogen-bond acceptors (Lipinski definition) is 4. The molecule has 24 heavy (non-hydrogen) atoms. The van der Waals surface area contributed by atoms with Crippen LogP contribution in [0.4, 0.5) is 0 Å². The zero-order valence-corrected chi connectivity index (χ0v) is 15.8. The molecule has 1 aliphatic carbocycles. The summed E-state index contributed by atoms with van der Waals surface area (Å²) in [5, 5.41) is 13.0. The number of hydrogen-bond donors (Lipinski definition) is 2. The molecule has 3 rings (SSSR count). The van der Waals surface area contributed by atoms with Crippen LogP contribution in [0.15, 0.2) is 34.5 Å². The average Bonchev–Trinajstić information content (AvgIpc) is 3.19. The van der Waals surface area contributed by atoms with Crippen LogP contribution in [0.5, 0.6) is 0 Å². The van der Waals surface area contributed by atoms with E-state index in [4.69, 9.17) is 0 Å². The fraction of sp³-hybridized carbons (Fsp3) is 0.444. The van der Waals surface area contributed by atoms with Gasteiger partial charge in [0.1, 0.15) is 5.60 Å². The number of rotatable bonds is 6. The fourth-order valence-electron chi connectivity index (χ4n) is 3.39. The molecule has 1 heterocycles. The highest BCUT2D eigenvalue weighted by atomic mass is 32.2. The zero-order chi connectivity index (χ0) is 17.5. The smallest absolute Gasteiger partial charge is 0.241 e. The summed E-state index contributed by atoms with van der Waals surface area (Å²) in [7, 11) is -3.67. The second-order valence-electron chi connectivity index (χ2n) is 6.73. The molecule has 0 bridgehead atoms. The van der Waals surface area contributed by atoms with Gasteiger partial charge in [0.15, 0.2) is 0 Å². The molecule has 2 N–H and O–H groups in total. The van der Waals surface area contributed by atoms with Gasteiger partial charge >= 0.3 is 0 Å².